The summed E-state index contributed by atoms with van der Waals surface area (Å²) in [6.45, 7) is 3.40. The number of hydrogen-bond donors (Lipinski definition) is 1. The van der Waals surface area contributed by atoms with Crippen LogP contribution < -0.4 is 14.8 Å². The third-order valence-electron chi connectivity index (χ3n) is 4.77. The SMILES string of the molecule is O=C(NC[C@@H](c1ccco1)N1CCCC1)c1cc(Cl)c2c(c1)OCCO2. The number of nitrogens with zero attached hydrogens (tertiary/aromatic N) is 1. The Morgan fingerprint density at radius 3 is 2.81 bits per heavy atom. The van der Waals surface area contributed by atoms with E-state index in [-0.39, 0.29) is 11.9 Å². The minimum absolute atomic E-state index is 0.0316. The first-order chi connectivity index (χ1) is 12.7. The third-order valence-corrected chi connectivity index (χ3v) is 5.05. The zero-order valence-electron chi connectivity index (χ0n) is 14.4. The Labute approximate surface area is 157 Å². The number of ether oxygens (including phenoxy) is 2. The lowest BCUT2D eigenvalue weighted by Crippen LogP contribution is -2.36. The maximum absolute atomic E-state index is 12.7. The summed E-state index contributed by atoms with van der Waals surface area (Å²) in [5, 5.41) is 3.39. The molecule has 7 heteroatoms. The van der Waals surface area contributed by atoms with Crippen molar-refractivity contribution in [3.63, 3.8) is 0 Å². The molecule has 3 heterocycles. The van der Waals surface area contributed by atoms with E-state index < -0.39 is 0 Å². The number of amides is 1. The van der Waals surface area contributed by atoms with Gasteiger partial charge in [0, 0.05) is 12.1 Å². The molecule has 6 nitrogen and oxygen atoms in total. The van der Waals surface area contributed by atoms with E-state index >= 15 is 0 Å². The Bertz CT molecular complexity index is 772. The maximum atomic E-state index is 12.7. The smallest absolute Gasteiger partial charge is 0.251 e. The van der Waals surface area contributed by atoms with Crippen molar-refractivity contribution in [1.29, 1.82) is 0 Å². The average Bonchev–Trinajstić information content (AvgIpc) is 3.36. The normalized spacial score (nSPS) is 17.9. The average molecular weight is 377 g/mol. The molecule has 0 spiro atoms. The van der Waals surface area contributed by atoms with Gasteiger partial charge in [-0.15, -0.1) is 0 Å². The van der Waals surface area contributed by atoms with Crippen molar-refractivity contribution in [1.82, 2.24) is 10.2 Å². The number of furan rings is 1. The van der Waals surface area contributed by atoms with Gasteiger partial charge in [-0.1, -0.05) is 11.6 Å². The van der Waals surface area contributed by atoms with E-state index in [0.717, 1.165) is 18.8 Å². The molecule has 26 heavy (non-hydrogen) atoms. The lowest BCUT2D eigenvalue weighted by Gasteiger charge is -2.26. The monoisotopic (exact) mass is 376 g/mol. The molecule has 138 valence electrons. The van der Waals surface area contributed by atoms with Gasteiger partial charge in [-0.3, -0.25) is 9.69 Å². The third kappa shape index (κ3) is 3.52. The van der Waals surface area contributed by atoms with Gasteiger partial charge in [-0.2, -0.15) is 0 Å². The molecule has 0 aliphatic carbocycles. The summed E-state index contributed by atoms with van der Waals surface area (Å²) in [6.07, 6.45) is 4.01. The summed E-state index contributed by atoms with van der Waals surface area (Å²) in [5.74, 6) is 1.68. The van der Waals surface area contributed by atoms with Gasteiger partial charge in [0.15, 0.2) is 11.5 Å². The van der Waals surface area contributed by atoms with Crippen LogP contribution in [-0.4, -0.2) is 43.7 Å². The van der Waals surface area contributed by atoms with Crippen LogP contribution in [0.15, 0.2) is 34.9 Å². The molecule has 0 bridgehead atoms. The van der Waals surface area contributed by atoms with E-state index in [1.165, 1.54) is 12.8 Å². The van der Waals surface area contributed by atoms with Gasteiger partial charge >= 0.3 is 0 Å². The number of nitrogens with one attached hydrogen (secondary N) is 1. The Balaban J connectivity index is 1.48. The van der Waals surface area contributed by atoms with Crippen molar-refractivity contribution < 1.29 is 18.7 Å². The van der Waals surface area contributed by atoms with Crippen LogP contribution in [0.2, 0.25) is 5.02 Å². The molecule has 1 N–H and O–H groups in total. The highest BCUT2D eigenvalue weighted by molar-refractivity contribution is 6.32. The molecule has 2 aromatic rings. The molecule has 1 aromatic carbocycles. The van der Waals surface area contributed by atoms with E-state index in [4.69, 9.17) is 25.5 Å². The van der Waals surface area contributed by atoms with Crippen LogP contribution >= 0.6 is 11.6 Å². The first kappa shape index (κ1) is 17.2. The number of fused-ring (bicyclic) bond motifs is 1. The van der Waals surface area contributed by atoms with Crippen molar-refractivity contribution >= 4 is 17.5 Å². The van der Waals surface area contributed by atoms with Crippen LogP contribution in [0, 0.1) is 0 Å². The highest BCUT2D eigenvalue weighted by atomic mass is 35.5. The summed E-state index contributed by atoms with van der Waals surface area (Å²) in [4.78, 5) is 15.0. The molecule has 0 radical (unpaired) electrons. The minimum atomic E-state index is -0.195. The van der Waals surface area contributed by atoms with Crippen molar-refractivity contribution in [3.8, 4) is 11.5 Å². The molecule has 1 aromatic heterocycles. The summed E-state index contributed by atoms with van der Waals surface area (Å²) in [5.41, 5.74) is 0.457. The molecule has 1 atom stereocenters. The number of carbonyl (C=O) groups excluding carboxylic acids is 1. The second-order valence-electron chi connectivity index (χ2n) is 6.47. The molecule has 0 unspecified atom stereocenters. The maximum Gasteiger partial charge on any atom is 0.251 e. The highest BCUT2D eigenvalue weighted by Crippen LogP contribution is 2.38. The Hall–Kier alpha value is -2.18. The number of benzene rings is 1. The minimum Gasteiger partial charge on any atom is -0.486 e. The molecule has 1 amide bonds. The van der Waals surface area contributed by atoms with Gasteiger partial charge in [0.25, 0.3) is 5.91 Å². The summed E-state index contributed by atoms with van der Waals surface area (Å²) < 4.78 is 16.6. The Morgan fingerprint density at radius 1 is 1.23 bits per heavy atom. The van der Waals surface area contributed by atoms with Crippen LogP contribution in [-0.2, 0) is 0 Å². The molecule has 2 aliphatic heterocycles. The van der Waals surface area contributed by atoms with E-state index in [1.54, 1.807) is 18.4 Å². The van der Waals surface area contributed by atoms with E-state index in [0.29, 0.717) is 41.8 Å². The molecule has 1 saturated heterocycles. The van der Waals surface area contributed by atoms with Crippen molar-refractivity contribution in [2.24, 2.45) is 0 Å². The number of likely N-dealkylation sites (tertiary alicyclic amines) is 1. The number of halogens is 1. The van der Waals surface area contributed by atoms with Crippen molar-refractivity contribution in [2.75, 3.05) is 32.8 Å². The Morgan fingerprint density at radius 2 is 2.04 bits per heavy atom. The lowest BCUT2D eigenvalue weighted by molar-refractivity contribution is 0.0932. The van der Waals surface area contributed by atoms with Crippen LogP contribution in [0.3, 0.4) is 0 Å². The molecular weight excluding hydrogens is 356 g/mol. The molecule has 4 rings (SSSR count). The second-order valence-corrected chi connectivity index (χ2v) is 6.87. The predicted molar refractivity (Wildman–Crippen MR) is 97.0 cm³/mol. The first-order valence-electron chi connectivity index (χ1n) is 8.87. The zero-order chi connectivity index (χ0) is 17.9. The number of hydrogen-bond acceptors (Lipinski definition) is 5. The van der Waals surface area contributed by atoms with Crippen LogP contribution in [0.1, 0.15) is 35.0 Å². The van der Waals surface area contributed by atoms with E-state index in [1.807, 2.05) is 12.1 Å². The van der Waals surface area contributed by atoms with Crippen molar-refractivity contribution in [3.05, 3.63) is 46.9 Å². The van der Waals surface area contributed by atoms with E-state index in [9.17, 15) is 4.79 Å². The Kier molecular flexibility index (Phi) is 5.04. The summed E-state index contributed by atoms with van der Waals surface area (Å²) in [6, 6.07) is 7.15. The fourth-order valence-corrected chi connectivity index (χ4v) is 3.74. The lowest BCUT2D eigenvalue weighted by atomic mass is 10.1. The van der Waals surface area contributed by atoms with Gasteiger partial charge in [-0.25, -0.2) is 0 Å². The van der Waals surface area contributed by atoms with Gasteiger partial charge in [-0.05, 0) is 50.2 Å². The summed E-state index contributed by atoms with van der Waals surface area (Å²) in [7, 11) is 0. The van der Waals surface area contributed by atoms with Gasteiger partial charge in [0.2, 0.25) is 0 Å². The molecular formula is C19H21ClN2O4. The molecule has 1 fully saturated rings. The largest absolute Gasteiger partial charge is 0.486 e. The molecule has 2 aliphatic rings. The van der Waals surface area contributed by atoms with Gasteiger partial charge in [0.05, 0.1) is 17.3 Å². The standard InChI is InChI=1S/C19H21ClN2O4/c20-14-10-13(11-17-18(14)26-9-8-25-17)19(23)21-12-15(16-4-3-7-24-16)22-5-1-2-6-22/h3-4,7,10-11,15H,1-2,5-6,8-9,12H2,(H,21,23)/t15-/m0/s1. The zero-order valence-corrected chi connectivity index (χ0v) is 15.1. The van der Waals surface area contributed by atoms with Crippen molar-refractivity contribution in [2.45, 2.75) is 18.9 Å². The fourth-order valence-electron chi connectivity index (χ4n) is 3.48. The topological polar surface area (TPSA) is 63.9 Å². The summed E-state index contributed by atoms with van der Waals surface area (Å²) >= 11 is 6.23. The second kappa shape index (κ2) is 7.60. The first-order valence-corrected chi connectivity index (χ1v) is 9.25. The quantitative estimate of drug-likeness (QED) is 0.867. The number of carbonyl (C=O) groups is 1. The highest BCUT2D eigenvalue weighted by Gasteiger charge is 2.26. The van der Waals surface area contributed by atoms with Crippen LogP contribution in [0.25, 0.3) is 0 Å². The van der Waals surface area contributed by atoms with Crippen LogP contribution in [0.4, 0.5) is 0 Å². The predicted octanol–water partition coefficient (Wildman–Crippen LogP) is 3.27. The van der Waals surface area contributed by atoms with Crippen LogP contribution in [0.5, 0.6) is 11.5 Å². The molecule has 0 saturated carbocycles. The van der Waals surface area contributed by atoms with E-state index in [2.05, 4.69) is 10.2 Å². The fraction of sp³-hybridized carbons (Fsp3) is 0.421. The van der Waals surface area contributed by atoms with Gasteiger partial charge in [0.1, 0.15) is 19.0 Å². The number of rotatable bonds is 5. The van der Waals surface area contributed by atoms with Gasteiger partial charge < -0.3 is 19.2 Å².